The molecule has 14 heavy (non-hydrogen) atoms. The summed E-state index contributed by atoms with van der Waals surface area (Å²) < 4.78 is 0. The Balaban J connectivity index is 3.37. The number of benzene rings is 1. The summed E-state index contributed by atoms with van der Waals surface area (Å²) in [5, 5.41) is 19.3. The van der Waals surface area contributed by atoms with Crippen LogP contribution < -0.4 is 0 Å². The Morgan fingerprint density at radius 3 is 2.71 bits per heavy atom. The van der Waals surface area contributed by atoms with Crippen molar-refractivity contribution in [2.45, 2.75) is 0 Å². The third kappa shape index (κ3) is 1.87. The van der Waals surface area contributed by atoms with E-state index in [-0.39, 0.29) is 10.7 Å². The number of hydrogen-bond donors (Lipinski definition) is 1. The van der Waals surface area contributed by atoms with Gasteiger partial charge in [0.15, 0.2) is 0 Å². The van der Waals surface area contributed by atoms with Crippen molar-refractivity contribution >= 4 is 29.1 Å². The standard InChI is InChI=1S/C7H3ClN2O4/c8-4-1-5(9-3-11)7(12)2-6(4)10(13)14/h1-2,12H. The molecule has 0 fully saturated rings. The molecule has 1 rings (SSSR count). The van der Waals surface area contributed by atoms with Gasteiger partial charge in [-0.2, -0.15) is 4.99 Å². The highest BCUT2D eigenvalue weighted by atomic mass is 35.5. The summed E-state index contributed by atoms with van der Waals surface area (Å²) in [7, 11) is 0. The molecule has 1 N–H and O–H groups in total. The zero-order valence-electron chi connectivity index (χ0n) is 6.60. The summed E-state index contributed by atoms with van der Waals surface area (Å²) in [4.78, 5) is 22.6. The Hall–Kier alpha value is -1.91. The minimum absolute atomic E-state index is 0.157. The third-order valence-corrected chi connectivity index (χ3v) is 1.71. The molecule has 0 bridgehead atoms. The van der Waals surface area contributed by atoms with E-state index < -0.39 is 16.4 Å². The Labute approximate surface area is 82.6 Å². The number of nitro groups is 1. The van der Waals surface area contributed by atoms with Crippen molar-refractivity contribution in [2.24, 2.45) is 4.99 Å². The molecule has 0 unspecified atom stereocenters. The lowest BCUT2D eigenvalue weighted by atomic mass is 10.2. The number of halogens is 1. The predicted molar refractivity (Wildman–Crippen MR) is 47.6 cm³/mol. The molecule has 0 amide bonds. The summed E-state index contributed by atoms with van der Waals surface area (Å²) in [6, 6.07) is 1.83. The lowest BCUT2D eigenvalue weighted by Gasteiger charge is -1.98. The number of carbonyl (C=O) groups excluding carboxylic acids is 1. The van der Waals surface area contributed by atoms with Crippen molar-refractivity contribution in [2.75, 3.05) is 0 Å². The van der Waals surface area contributed by atoms with Gasteiger partial charge in [-0.3, -0.25) is 10.1 Å². The van der Waals surface area contributed by atoms with Crippen molar-refractivity contribution in [1.82, 2.24) is 0 Å². The molecular weight excluding hydrogens is 212 g/mol. The first-order chi connectivity index (χ1) is 6.56. The number of phenolic OH excluding ortho intramolecular Hbond substituents is 1. The van der Waals surface area contributed by atoms with Gasteiger partial charge in [-0.05, 0) is 6.07 Å². The maximum atomic E-state index is 10.3. The van der Waals surface area contributed by atoms with Crippen molar-refractivity contribution in [1.29, 1.82) is 0 Å². The second kappa shape index (κ2) is 3.87. The minimum Gasteiger partial charge on any atom is -0.505 e. The van der Waals surface area contributed by atoms with Crippen molar-refractivity contribution in [3.05, 3.63) is 27.3 Å². The van der Waals surface area contributed by atoms with E-state index in [9.17, 15) is 14.9 Å². The molecule has 0 spiro atoms. The molecule has 0 aliphatic heterocycles. The molecule has 1 aromatic carbocycles. The molecule has 0 atom stereocenters. The molecule has 0 heterocycles. The molecule has 0 radical (unpaired) electrons. The quantitative estimate of drug-likeness (QED) is 0.352. The van der Waals surface area contributed by atoms with E-state index in [4.69, 9.17) is 16.7 Å². The largest absolute Gasteiger partial charge is 0.505 e. The zero-order chi connectivity index (χ0) is 10.7. The summed E-state index contributed by atoms with van der Waals surface area (Å²) in [5.74, 6) is -0.496. The van der Waals surface area contributed by atoms with Gasteiger partial charge in [0, 0.05) is 0 Å². The topological polar surface area (TPSA) is 92.8 Å². The molecule has 7 heteroatoms. The summed E-state index contributed by atoms with van der Waals surface area (Å²) in [6.07, 6.45) is 1.19. The second-order valence-corrected chi connectivity index (χ2v) is 2.66. The SMILES string of the molecule is O=C=Nc1cc(Cl)c([N+](=O)[O-])cc1O. The molecule has 0 saturated heterocycles. The molecule has 6 nitrogen and oxygen atoms in total. The van der Waals surface area contributed by atoms with E-state index in [2.05, 4.69) is 4.99 Å². The molecular formula is C7H3ClN2O4. The van der Waals surface area contributed by atoms with Gasteiger partial charge in [0.05, 0.1) is 11.0 Å². The number of isocyanates is 1. The molecule has 72 valence electrons. The smallest absolute Gasteiger partial charge is 0.291 e. The second-order valence-electron chi connectivity index (χ2n) is 2.25. The van der Waals surface area contributed by atoms with Gasteiger partial charge in [0.2, 0.25) is 6.08 Å². The van der Waals surface area contributed by atoms with Crippen LogP contribution in [0.5, 0.6) is 5.75 Å². The summed E-state index contributed by atoms with van der Waals surface area (Å²) in [6.45, 7) is 0. The number of nitrogens with zero attached hydrogens (tertiary/aromatic N) is 2. The minimum atomic E-state index is -0.754. The fourth-order valence-corrected chi connectivity index (χ4v) is 1.05. The van der Waals surface area contributed by atoms with Crippen LogP contribution in [-0.2, 0) is 4.79 Å². The van der Waals surface area contributed by atoms with Gasteiger partial charge in [0.25, 0.3) is 5.69 Å². The lowest BCUT2D eigenvalue weighted by molar-refractivity contribution is -0.384. The van der Waals surface area contributed by atoms with Gasteiger partial charge in [-0.25, -0.2) is 4.79 Å². The lowest BCUT2D eigenvalue weighted by Crippen LogP contribution is -1.88. The van der Waals surface area contributed by atoms with E-state index in [1.807, 2.05) is 0 Å². The average molecular weight is 215 g/mol. The van der Waals surface area contributed by atoms with Gasteiger partial charge < -0.3 is 5.11 Å². The summed E-state index contributed by atoms with van der Waals surface area (Å²) >= 11 is 5.49. The zero-order valence-corrected chi connectivity index (χ0v) is 7.35. The van der Waals surface area contributed by atoms with Crippen LogP contribution in [0.25, 0.3) is 0 Å². The van der Waals surface area contributed by atoms with Crippen LogP contribution in [0.1, 0.15) is 0 Å². The molecule has 0 aromatic heterocycles. The van der Waals surface area contributed by atoms with Gasteiger partial charge in [0.1, 0.15) is 16.5 Å². The Kier molecular flexibility index (Phi) is 2.81. The Bertz CT molecular complexity index is 412. The van der Waals surface area contributed by atoms with Crippen LogP contribution in [0.15, 0.2) is 17.1 Å². The molecule has 1 aromatic rings. The monoisotopic (exact) mass is 214 g/mol. The van der Waals surface area contributed by atoms with Crippen LogP contribution in [0.3, 0.4) is 0 Å². The first-order valence-corrected chi connectivity index (χ1v) is 3.69. The molecule has 0 aliphatic carbocycles. The van der Waals surface area contributed by atoms with E-state index in [1.54, 1.807) is 0 Å². The van der Waals surface area contributed by atoms with E-state index in [0.29, 0.717) is 0 Å². The highest BCUT2D eigenvalue weighted by Gasteiger charge is 2.16. The van der Waals surface area contributed by atoms with Gasteiger partial charge in [-0.1, -0.05) is 11.6 Å². The number of rotatable bonds is 2. The van der Waals surface area contributed by atoms with Crippen molar-refractivity contribution < 1.29 is 14.8 Å². The number of aliphatic imine (C=N–C) groups is 1. The van der Waals surface area contributed by atoms with Crippen LogP contribution in [0, 0.1) is 10.1 Å². The fourth-order valence-electron chi connectivity index (χ4n) is 0.819. The van der Waals surface area contributed by atoms with E-state index in [1.165, 1.54) is 6.08 Å². The number of nitro benzene ring substituents is 1. The number of hydrogen-bond acceptors (Lipinski definition) is 5. The number of phenols is 1. The van der Waals surface area contributed by atoms with Crippen molar-refractivity contribution in [3.63, 3.8) is 0 Å². The molecule has 0 saturated carbocycles. The summed E-state index contributed by atoms with van der Waals surface area (Å²) in [5.41, 5.74) is -0.607. The van der Waals surface area contributed by atoms with Crippen LogP contribution in [0.2, 0.25) is 5.02 Å². The Morgan fingerprint density at radius 2 is 2.21 bits per heavy atom. The fraction of sp³-hybridized carbons (Fsp3) is 0. The van der Waals surface area contributed by atoms with Crippen LogP contribution in [0.4, 0.5) is 11.4 Å². The maximum absolute atomic E-state index is 10.3. The first-order valence-electron chi connectivity index (χ1n) is 3.31. The van der Waals surface area contributed by atoms with Crippen LogP contribution in [-0.4, -0.2) is 16.1 Å². The third-order valence-electron chi connectivity index (χ3n) is 1.41. The molecule has 0 aliphatic rings. The highest BCUT2D eigenvalue weighted by Crippen LogP contribution is 2.36. The van der Waals surface area contributed by atoms with E-state index >= 15 is 0 Å². The predicted octanol–water partition coefficient (Wildman–Crippen LogP) is 1.92. The maximum Gasteiger partial charge on any atom is 0.291 e. The average Bonchev–Trinajstić information content (AvgIpc) is 2.10. The first kappa shape index (κ1) is 10.2. The normalized spacial score (nSPS) is 9.21. The van der Waals surface area contributed by atoms with Gasteiger partial charge >= 0.3 is 0 Å². The van der Waals surface area contributed by atoms with Crippen molar-refractivity contribution in [3.8, 4) is 5.75 Å². The van der Waals surface area contributed by atoms with Crippen LogP contribution >= 0.6 is 11.6 Å². The number of aromatic hydroxyl groups is 1. The highest BCUT2D eigenvalue weighted by molar-refractivity contribution is 6.33. The Morgan fingerprint density at radius 1 is 1.57 bits per heavy atom. The van der Waals surface area contributed by atoms with E-state index in [0.717, 1.165) is 12.1 Å². The van der Waals surface area contributed by atoms with Gasteiger partial charge in [-0.15, -0.1) is 0 Å².